The fourth-order valence-electron chi connectivity index (χ4n) is 1.75. The van der Waals surface area contributed by atoms with Gasteiger partial charge in [0.2, 0.25) is 0 Å². The van der Waals surface area contributed by atoms with Crippen LogP contribution in [0.1, 0.15) is 28.0 Å². The molecule has 0 aliphatic rings. The standard InChI is InChI=1S/C14H14ClNO4S/c1-3-12-16-9(7-21-12)6-20-13-10(14(17)18)4-8(15)5-11(13)19-2/h4-5,7H,3,6H2,1-2H3,(H,17,18). The molecule has 0 radical (unpaired) electrons. The Morgan fingerprint density at radius 1 is 1.48 bits per heavy atom. The van der Waals surface area contributed by atoms with Crippen molar-refractivity contribution >= 4 is 28.9 Å². The lowest BCUT2D eigenvalue weighted by Crippen LogP contribution is -2.05. The Labute approximate surface area is 131 Å². The molecule has 0 unspecified atom stereocenters. The maximum Gasteiger partial charge on any atom is 0.339 e. The predicted octanol–water partition coefficient (Wildman–Crippen LogP) is 3.64. The number of methoxy groups -OCH3 is 1. The number of thiazole rings is 1. The van der Waals surface area contributed by atoms with Gasteiger partial charge in [-0.3, -0.25) is 0 Å². The van der Waals surface area contributed by atoms with Crippen LogP contribution in [-0.4, -0.2) is 23.2 Å². The van der Waals surface area contributed by atoms with Gasteiger partial charge in [-0.25, -0.2) is 9.78 Å². The second-order valence-corrected chi connectivity index (χ2v) is 5.54. The number of benzene rings is 1. The zero-order chi connectivity index (χ0) is 15.4. The third-order valence-electron chi connectivity index (χ3n) is 2.74. The smallest absolute Gasteiger partial charge is 0.339 e. The zero-order valence-corrected chi connectivity index (χ0v) is 13.1. The van der Waals surface area contributed by atoms with Crippen LogP contribution in [-0.2, 0) is 13.0 Å². The number of carboxylic acids is 1. The fraction of sp³-hybridized carbons (Fsp3) is 0.286. The Morgan fingerprint density at radius 2 is 2.24 bits per heavy atom. The number of halogens is 1. The Kier molecular flexibility index (Phi) is 5.03. The average molecular weight is 328 g/mol. The van der Waals surface area contributed by atoms with E-state index in [4.69, 9.17) is 21.1 Å². The van der Waals surface area contributed by atoms with Crippen molar-refractivity contribution in [3.8, 4) is 11.5 Å². The molecule has 0 atom stereocenters. The highest BCUT2D eigenvalue weighted by atomic mass is 35.5. The Hall–Kier alpha value is -1.79. The van der Waals surface area contributed by atoms with Crippen LogP contribution >= 0.6 is 22.9 Å². The molecule has 0 spiro atoms. The fourth-order valence-corrected chi connectivity index (χ4v) is 2.69. The largest absolute Gasteiger partial charge is 0.493 e. The van der Waals surface area contributed by atoms with E-state index in [1.165, 1.54) is 19.2 Å². The molecule has 7 heteroatoms. The van der Waals surface area contributed by atoms with E-state index in [0.717, 1.165) is 17.1 Å². The molecule has 0 fully saturated rings. The molecular formula is C14H14ClNO4S. The van der Waals surface area contributed by atoms with Gasteiger partial charge >= 0.3 is 5.97 Å². The van der Waals surface area contributed by atoms with Gasteiger partial charge in [-0.2, -0.15) is 0 Å². The summed E-state index contributed by atoms with van der Waals surface area (Å²) in [6.45, 7) is 2.20. The first-order valence-corrected chi connectivity index (χ1v) is 7.47. The van der Waals surface area contributed by atoms with Gasteiger partial charge in [-0.15, -0.1) is 11.3 Å². The van der Waals surface area contributed by atoms with Crippen molar-refractivity contribution in [3.05, 3.63) is 38.8 Å². The lowest BCUT2D eigenvalue weighted by molar-refractivity contribution is 0.0690. The molecule has 0 aliphatic heterocycles. The number of aryl methyl sites for hydroxylation is 1. The van der Waals surface area contributed by atoms with Crippen molar-refractivity contribution in [1.82, 2.24) is 4.98 Å². The molecule has 5 nitrogen and oxygen atoms in total. The number of hydrogen-bond donors (Lipinski definition) is 1. The maximum absolute atomic E-state index is 11.3. The van der Waals surface area contributed by atoms with E-state index in [-0.39, 0.29) is 28.7 Å². The van der Waals surface area contributed by atoms with Gasteiger partial charge in [0.1, 0.15) is 12.2 Å². The topological polar surface area (TPSA) is 68.7 Å². The normalized spacial score (nSPS) is 10.4. The van der Waals surface area contributed by atoms with Crippen molar-refractivity contribution in [2.24, 2.45) is 0 Å². The molecular weight excluding hydrogens is 314 g/mol. The molecule has 0 saturated carbocycles. The number of nitrogens with zero attached hydrogens (tertiary/aromatic N) is 1. The molecule has 0 aliphatic carbocycles. The van der Waals surface area contributed by atoms with Crippen molar-refractivity contribution in [2.45, 2.75) is 20.0 Å². The van der Waals surface area contributed by atoms with Gasteiger partial charge in [0.05, 0.1) is 17.8 Å². The summed E-state index contributed by atoms with van der Waals surface area (Å²) in [6, 6.07) is 2.85. The van der Waals surface area contributed by atoms with Gasteiger partial charge in [-0.05, 0) is 12.5 Å². The van der Waals surface area contributed by atoms with Crippen LogP contribution in [0.25, 0.3) is 0 Å². The summed E-state index contributed by atoms with van der Waals surface area (Å²) in [5.41, 5.74) is 0.718. The molecule has 1 heterocycles. The van der Waals surface area contributed by atoms with Crippen LogP contribution in [0.4, 0.5) is 0 Å². The highest BCUT2D eigenvalue weighted by Crippen LogP contribution is 2.35. The van der Waals surface area contributed by atoms with E-state index in [2.05, 4.69) is 4.98 Å². The third-order valence-corrected chi connectivity index (χ3v) is 4.00. The summed E-state index contributed by atoms with van der Waals surface area (Å²) in [4.78, 5) is 15.7. The monoisotopic (exact) mass is 327 g/mol. The molecule has 0 amide bonds. The first kappa shape index (κ1) is 15.6. The summed E-state index contributed by atoms with van der Waals surface area (Å²) >= 11 is 7.42. The highest BCUT2D eigenvalue weighted by molar-refractivity contribution is 7.09. The maximum atomic E-state index is 11.3. The molecule has 1 aromatic carbocycles. The number of carboxylic acid groups (broad SMARTS) is 1. The van der Waals surface area contributed by atoms with E-state index in [0.29, 0.717) is 0 Å². The Morgan fingerprint density at radius 3 is 2.81 bits per heavy atom. The van der Waals surface area contributed by atoms with Crippen molar-refractivity contribution in [2.75, 3.05) is 7.11 Å². The minimum atomic E-state index is -1.13. The number of rotatable bonds is 6. The minimum absolute atomic E-state index is 0.0368. The van der Waals surface area contributed by atoms with Crippen LogP contribution in [0.2, 0.25) is 5.02 Å². The van der Waals surface area contributed by atoms with Gasteiger partial charge < -0.3 is 14.6 Å². The van der Waals surface area contributed by atoms with E-state index >= 15 is 0 Å². The van der Waals surface area contributed by atoms with Gasteiger partial charge in [-0.1, -0.05) is 18.5 Å². The minimum Gasteiger partial charge on any atom is -0.493 e. The second kappa shape index (κ2) is 6.78. The molecule has 0 saturated heterocycles. The predicted molar refractivity (Wildman–Crippen MR) is 80.8 cm³/mol. The number of ether oxygens (including phenoxy) is 2. The summed E-state index contributed by atoms with van der Waals surface area (Å²) in [5.74, 6) is -0.690. The molecule has 1 N–H and O–H groups in total. The van der Waals surface area contributed by atoms with Gasteiger partial charge in [0.25, 0.3) is 0 Å². The summed E-state index contributed by atoms with van der Waals surface area (Å²) in [5, 5.41) is 12.4. The van der Waals surface area contributed by atoms with Crippen molar-refractivity contribution in [1.29, 1.82) is 0 Å². The van der Waals surface area contributed by atoms with Gasteiger partial charge in [0, 0.05) is 16.5 Å². The zero-order valence-electron chi connectivity index (χ0n) is 11.6. The Balaban J connectivity index is 2.27. The number of aromatic nitrogens is 1. The SMILES string of the molecule is CCc1nc(COc2c(OC)cc(Cl)cc2C(=O)O)cs1. The molecule has 0 bridgehead atoms. The van der Waals surface area contributed by atoms with Crippen molar-refractivity contribution < 1.29 is 19.4 Å². The summed E-state index contributed by atoms with van der Waals surface area (Å²) in [6.07, 6.45) is 0.856. The summed E-state index contributed by atoms with van der Waals surface area (Å²) in [7, 11) is 1.43. The molecule has 2 aromatic rings. The van der Waals surface area contributed by atoms with E-state index in [1.807, 2.05) is 12.3 Å². The highest BCUT2D eigenvalue weighted by Gasteiger charge is 2.18. The quantitative estimate of drug-likeness (QED) is 0.877. The molecule has 112 valence electrons. The van der Waals surface area contributed by atoms with E-state index < -0.39 is 5.97 Å². The molecule has 1 aromatic heterocycles. The van der Waals surface area contributed by atoms with Crippen LogP contribution < -0.4 is 9.47 Å². The van der Waals surface area contributed by atoms with E-state index in [1.54, 1.807) is 11.3 Å². The number of carbonyl (C=O) groups is 1. The average Bonchev–Trinajstić information content (AvgIpc) is 2.92. The van der Waals surface area contributed by atoms with E-state index in [9.17, 15) is 9.90 Å². The second-order valence-electron chi connectivity index (χ2n) is 4.16. The Bertz CT molecular complexity index is 656. The van der Waals surface area contributed by atoms with Crippen molar-refractivity contribution in [3.63, 3.8) is 0 Å². The van der Waals surface area contributed by atoms with Crippen LogP contribution in [0.15, 0.2) is 17.5 Å². The molecule has 2 rings (SSSR count). The number of hydrogen-bond acceptors (Lipinski definition) is 5. The van der Waals surface area contributed by atoms with Crippen LogP contribution in [0.5, 0.6) is 11.5 Å². The first-order valence-electron chi connectivity index (χ1n) is 6.22. The first-order chi connectivity index (χ1) is 10.0. The summed E-state index contributed by atoms with van der Waals surface area (Å²) < 4.78 is 10.7. The lowest BCUT2D eigenvalue weighted by atomic mass is 10.2. The number of aromatic carboxylic acids is 1. The van der Waals surface area contributed by atoms with Crippen LogP contribution in [0, 0.1) is 0 Å². The lowest BCUT2D eigenvalue weighted by Gasteiger charge is -2.13. The molecule has 21 heavy (non-hydrogen) atoms. The van der Waals surface area contributed by atoms with Crippen LogP contribution in [0.3, 0.4) is 0 Å². The van der Waals surface area contributed by atoms with Gasteiger partial charge in [0.15, 0.2) is 11.5 Å². The third kappa shape index (κ3) is 3.65.